The molecular weight excluding hydrogens is 215 g/mol. The predicted octanol–water partition coefficient (Wildman–Crippen LogP) is 2.50. The first kappa shape index (κ1) is 13.6. The molecule has 0 aromatic carbocycles. The second-order valence-corrected chi connectivity index (χ2v) is 4.30. The van der Waals surface area contributed by atoms with Crippen LogP contribution in [0, 0.1) is 0 Å². The Kier molecular flexibility index (Phi) is 5.33. The van der Waals surface area contributed by atoms with E-state index < -0.39 is 5.51 Å². The van der Waals surface area contributed by atoms with Crippen LogP contribution in [0.2, 0.25) is 0 Å². The lowest BCUT2D eigenvalue weighted by Crippen LogP contribution is -2.33. The average Bonchev–Trinajstić information content (AvgIpc) is 2.00. The highest BCUT2D eigenvalue weighted by atomic mass is 32.2. The molecule has 14 heavy (non-hydrogen) atoms. The lowest BCUT2D eigenvalue weighted by Gasteiger charge is -2.21. The summed E-state index contributed by atoms with van der Waals surface area (Å²) in [5, 5.41) is 0. The third-order valence-electron chi connectivity index (χ3n) is 1.75. The molecule has 0 rings (SSSR count). The van der Waals surface area contributed by atoms with Crippen LogP contribution >= 0.6 is 11.8 Å². The van der Waals surface area contributed by atoms with Gasteiger partial charge in [0, 0.05) is 25.3 Å². The Balaban J connectivity index is 3.75. The predicted molar refractivity (Wildman–Crippen MR) is 51.0 cm³/mol. The first-order valence-electron chi connectivity index (χ1n) is 4.20. The van der Waals surface area contributed by atoms with Crippen molar-refractivity contribution in [3.63, 3.8) is 0 Å². The molecule has 0 aliphatic rings. The molecule has 2 nitrogen and oxygen atoms in total. The standard InChI is InChI=1S/C8H14F3NOS/c1-6(2)12(3)7(13)4-5-14-8(9,10)11/h6H,4-5H2,1-3H3. The monoisotopic (exact) mass is 229 g/mol. The maximum absolute atomic E-state index is 11.7. The fourth-order valence-corrected chi connectivity index (χ4v) is 1.23. The molecule has 0 aromatic heterocycles. The molecule has 0 aromatic rings. The molecule has 0 atom stereocenters. The lowest BCUT2D eigenvalue weighted by molar-refractivity contribution is -0.130. The summed E-state index contributed by atoms with van der Waals surface area (Å²) in [7, 11) is 1.59. The Morgan fingerprint density at radius 3 is 2.29 bits per heavy atom. The number of carbonyl (C=O) groups is 1. The van der Waals surface area contributed by atoms with Crippen molar-refractivity contribution in [2.75, 3.05) is 12.8 Å². The number of rotatable bonds is 4. The number of alkyl halides is 3. The summed E-state index contributed by atoms with van der Waals surface area (Å²) in [5.74, 6) is -0.462. The summed E-state index contributed by atoms with van der Waals surface area (Å²) in [4.78, 5) is 12.7. The van der Waals surface area contributed by atoms with Crippen molar-refractivity contribution in [3.05, 3.63) is 0 Å². The Labute approximate surface area is 85.8 Å². The molecule has 0 unspecified atom stereocenters. The molecule has 0 heterocycles. The van der Waals surface area contributed by atoms with E-state index in [9.17, 15) is 18.0 Å². The maximum Gasteiger partial charge on any atom is 0.441 e. The van der Waals surface area contributed by atoms with Crippen molar-refractivity contribution in [1.29, 1.82) is 0 Å². The highest BCUT2D eigenvalue weighted by molar-refractivity contribution is 8.00. The summed E-state index contributed by atoms with van der Waals surface area (Å²) >= 11 is -0.156. The van der Waals surface area contributed by atoms with Crippen LogP contribution in [0.5, 0.6) is 0 Å². The van der Waals surface area contributed by atoms with Crippen molar-refractivity contribution in [3.8, 4) is 0 Å². The van der Waals surface area contributed by atoms with Gasteiger partial charge < -0.3 is 4.90 Å². The van der Waals surface area contributed by atoms with Crippen molar-refractivity contribution >= 4 is 17.7 Å². The summed E-state index contributed by atoms with van der Waals surface area (Å²) in [6.45, 7) is 3.63. The van der Waals surface area contributed by atoms with Crippen LogP contribution in [-0.4, -0.2) is 35.2 Å². The number of nitrogens with zero attached hydrogens (tertiary/aromatic N) is 1. The van der Waals surface area contributed by atoms with E-state index in [2.05, 4.69) is 0 Å². The van der Waals surface area contributed by atoms with Crippen LogP contribution in [0.1, 0.15) is 20.3 Å². The molecule has 0 saturated heterocycles. The van der Waals surface area contributed by atoms with Gasteiger partial charge in [0.1, 0.15) is 0 Å². The van der Waals surface area contributed by atoms with Gasteiger partial charge in [-0.15, -0.1) is 0 Å². The largest absolute Gasteiger partial charge is 0.441 e. The van der Waals surface area contributed by atoms with E-state index in [4.69, 9.17) is 0 Å². The molecule has 84 valence electrons. The van der Waals surface area contributed by atoms with Gasteiger partial charge in [-0.1, -0.05) is 11.8 Å². The minimum Gasteiger partial charge on any atom is -0.343 e. The quantitative estimate of drug-likeness (QED) is 0.738. The van der Waals surface area contributed by atoms with E-state index in [-0.39, 0.29) is 35.9 Å². The Bertz CT molecular complexity index is 194. The van der Waals surface area contributed by atoms with Crippen LogP contribution in [-0.2, 0) is 4.79 Å². The Morgan fingerprint density at radius 2 is 1.93 bits per heavy atom. The molecule has 0 aliphatic carbocycles. The first-order chi connectivity index (χ1) is 6.24. The van der Waals surface area contributed by atoms with Crippen LogP contribution in [0.25, 0.3) is 0 Å². The molecule has 0 fully saturated rings. The van der Waals surface area contributed by atoms with Gasteiger partial charge in [-0.2, -0.15) is 13.2 Å². The Hall–Kier alpha value is -0.390. The first-order valence-corrected chi connectivity index (χ1v) is 5.19. The number of carbonyl (C=O) groups excluding carboxylic acids is 1. The topological polar surface area (TPSA) is 20.3 Å². The average molecular weight is 229 g/mol. The van der Waals surface area contributed by atoms with Gasteiger partial charge in [-0.05, 0) is 13.8 Å². The molecule has 0 radical (unpaired) electrons. The van der Waals surface area contributed by atoms with E-state index in [1.807, 2.05) is 13.8 Å². The minimum absolute atomic E-state index is 0.0263. The van der Waals surface area contributed by atoms with E-state index in [0.717, 1.165) is 0 Å². The van der Waals surface area contributed by atoms with Gasteiger partial charge in [0.05, 0.1) is 0 Å². The van der Waals surface area contributed by atoms with Gasteiger partial charge >= 0.3 is 5.51 Å². The number of thioether (sulfide) groups is 1. The summed E-state index contributed by atoms with van der Waals surface area (Å²) in [6, 6.07) is 0.0263. The second kappa shape index (κ2) is 5.48. The third-order valence-corrected chi connectivity index (χ3v) is 2.49. The lowest BCUT2D eigenvalue weighted by atomic mass is 10.3. The van der Waals surface area contributed by atoms with E-state index in [1.54, 1.807) is 7.05 Å². The molecule has 1 amide bonds. The van der Waals surface area contributed by atoms with E-state index in [0.29, 0.717) is 0 Å². The number of halogens is 3. The molecule has 0 saturated carbocycles. The van der Waals surface area contributed by atoms with Crippen molar-refractivity contribution < 1.29 is 18.0 Å². The zero-order valence-electron chi connectivity index (χ0n) is 8.39. The minimum atomic E-state index is -4.24. The van der Waals surface area contributed by atoms with Crippen LogP contribution in [0.15, 0.2) is 0 Å². The van der Waals surface area contributed by atoms with Crippen LogP contribution in [0.3, 0.4) is 0 Å². The SMILES string of the molecule is CC(C)N(C)C(=O)CCSC(F)(F)F. The van der Waals surface area contributed by atoms with E-state index >= 15 is 0 Å². The molecule has 0 bridgehead atoms. The smallest absolute Gasteiger partial charge is 0.343 e. The number of hydrogen-bond donors (Lipinski definition) is 0. The van der Waals surface area contributed by atoms with Gasteiger partial charge in [0.15, 0.2) is 0 Å². The highest BCUT2D eigenvalue weighted by Crippen LogP contribution is 2.30. The van der Waals surface area contributed by atoms with Crippen molar-refractivity contribution in [1.82, 2.24) is 4.90 Å². The van der Waals surface area contributed by atoms with Gasteiger partial charge in [-0.25, -0.2) is 0 Å². The molecule has 0 spiro atoms. The van der Waals surface area contributed by atoms with Gasteiger partial charge in [0.25, 0.3) is 0 Å². The van der Waals surface area contributed by atoms with Crippen molar-refractivity contribution in [2.45, 2.75) is 31.8 Å². The second-order valence-electron chi connectivity index (χ2n) is 3.14. The summed E-state index contributed by atoms with van der Waals surface area (Å²) in [6.07, 6.45) is -0.0706. The summed E-state index contributed by atoms with van der Waals surface area (Å²) < 4.78 is 35.1. The van der Waals surface area contributed by atoms with Gasteiger partial charge in [-0.3, -0.25) is 4.79 Å². The number of hydrogen-bond acceptors (Lipinski definition) is 2. The third kappa shape index (κ3) is 6.12. The Morgan fingerprint density at radius 1 is 1.43 bits per heavy atom. The normalized spacial score (nSPS) is 11.9. The molecule has 0 N–H and O–H groups in total. The van der Waals surface area contributed by atoms with Crippen molar-refractivity contribution in [2.24, 2.45) is 0 Å². The van der Waals surface area contributed by atoms with E-state index in [1.165, 1.54) is 4.90 Å². The molecule has 0 aliphatic heterocycles. The molecular formula is C8H14F3NOS. The van der Waals surface area contributed by atoms with Crippen LogP contribution < -0.4 is 0 Å². The zero-order valence-corrected chi connectivity index (χ0v) is 9.21. The summed E-state index contributed by atoms with van der Waals surface area (Å²) in [5.41, 5.74) is -4.24. The fourth-order valence-electron chi connectivity index (χ4n) is 0.718. The zero-order chi connectivity index (χ0) is 11.4. The van der Waals surface area contributed by atoms with Gasteiger partial charge in [0.2, 0.25) is 5.91 Å². The van der Waals surface area contributed by atoms with Crippen LogP contribution in [0.4, 0.5) is 13.2 Å². The fraction of sp³-hybridized carbons (Fsp3) is 0.875. The maximum atomic E-state index is 11.7. The number of amides is 1. The highest BCUT2D eigenvalue weighted by Gasteiger charge is 2.28. The molecule has 6 heteroatoms.